The van der Waals surface area contributed by atoms with Crippen LogP contribution in [0, 0.1) is 0 Å². The van der Waals surface area contributed by atoms with E-state index in [0.29, 0.717) is 5.69 Å². The summed E-state index contributed by atoms with van der Waals surface area (Å²) >= 11 is 0. The Kier molecular flexibility index (Phi) is 3.33. The van der Waals surface area contributed by atoms with Crippen molar-refractivity contribution in [3.05, 3.63) is 29.6 Å². The number of hydrogen-bond donors (Lipinski definition) is 1. The highest BCUT2D eigenvalue weighted by Gasteiger charge is 2.48. The molecule has 1 N–H and O–H groups in total. The van der Waals surface area contributed by atoms with Crippen molar-refractivity contribution >= 4 is 0 Å². The van der Waals surface area contributed by atoms with Gasteiger partial charge in [-0.2, -0.15) is 8.78 Å². The number of hydrogen-bond acceptors (Lipinski definition) is 2. The van der Waals surface area contributed by atoms with Crippen LogP contribution in [0.3, 0.4) is 0 Å². The summed E-state index contributed by atoms with van der Waals surface area (Å²) in [4.78, 5) is 3.90. The fourth-order valence-corrected chi connectivity index (χ4v) is 1.26. The Hall–Kier alpha value is -1.03. The lowest BCUT2D eigenvalue weighted by atomic mass is 9.96. The maximum absolute atomic E-state index is 13.8. The van der Waals surface area contributed by atoms with E-state index in [4.69, 9.17) is 0 Å². The van der Waals surface area contributed by atoms with E-state index in [2.05, 4.69) is 4.98 Å². The summed E-state index contributed by atoms with van der Waals surface area (Å²) in [5.41, 5.74) is -1.90. The molecule has 2 nitrogen and oxygen atoms in total. The molecule has 0 aromatic carbocycles. The second-order valence-electron chi connectivity index (χ2n) is 4.74. The van der Waals surface area contributed by atoms with E-state index in [1.54, 1.807) is 6.07 Å². The summed E-state index contributed by atoms with van der Waals surface area (Å²) < 4.78 is 27.6. The molecule has 4 heteroatoms. The fourth-order valence-electron chi connectivity index (χ4n) is 1.26. The first-order valence-electron chi connectivity index (χ1n) is 5.24. The largest absolute Gasteiger partial charge is 0.384 e. The number of halogens is 2. The Bertz CT molecular complexity index is 370. The van der Waals surface area contributed by atoms with E-state index in [0.717, 1.165) is 13.8 Å². The minimum absolute atomic E-state index is 0.0811. The predicted molar refractivity (Wildman–Crippen MR) is 58.5 cm³/mol. The highest BCUT2D eigenvalue weighted by molar-refractivity contribution is 5.19. The number of nitrogens with zero attached hydrogens (tertiary/aromatic N) is 1. The van der Waals surface area contributed by atoms with Crippen molar-refractivity contribution in [3.8, 4) is 0 Å². The van der Waals surface area contributed by atoms with Crippen LogP contribution in [-0.4, -0.2) is 15.7 Å². The molecule has 0 amide bonds. The molecule has 0 unspecified atom stereocenters. The van der Waals surface area contributed by atoms with E-state index in [1.807, 2.05) is 13.8 Å². The smallest absolute Gasteiger partial charge is 0.317 e. The highest BCUT2D eigenvalue weighted by atomic mass is 19.3. The highest BCUT2D eigenvalue weighted by Crippen LogP contribution is 2.37. The van der Waals surface area contributed by atoms with E-state index in [9.17, 15) is 13.9 Å². The molecule has 0 aliphatic rings. The van der Waals surface area contributed by atoms with Gasteiger partial charge in [0.1, 0.15) is 11.3 Å². The van der Waals surface area contributed by atoms with Crippen molar-refractivity contribution in [2.24, 2.45) is 0 Å². The first kappa shape index (κ1) is 13.0. The van der Waals surface area contributed by atoms with Crippen LogP contribution in [0.4, 0.5) is 8.78 Å². The van der Waals surface area contributed by atoms with E-state index < -0.39 is 11.5 Å². The van der Waals surface area contributed by atoms with Crippen molar-refractivity contribution < 1.29 is 13.9 Å². The fraction of sp³-hybridized carbons (Fsp3) is 0.583. The number of aliphatic hydroxyl groups is 1. The topological polar surface area (TPSA) is 33.1 Å². The molecule has 0 atom stereocenters. The normalized spacial score (nSPS) is 13.2. The van der Waals surface area contributed by atoms with Gasteiger partial charge in [0.25, 0.3) is 0 Å². The lowest BCUT2D eigenvalue weighted by molar-refractivity contribution is -0.171. The van der Waals surface area contributed by atoms with Gasteiger partial charge < -0.3 is 5.11 Å². The second kappa shape index (κ2) is 4.09. The third-order valence-corrected chi connectivity index (χ3v) is 2.45. The van der Waals surface area contributed by atoms with Crippen LogP contribution in [0.2, 0.25) is 0 Å². The Morgan fingerprint density at radius 2 is 1.81 bits per heavy atom. The lowest BCUT2D eigenvalue weighted by Crippen LogP contribution is -2.41. The van der Waals surface area contributed by atoms with Crippen LogP contribution in [0.5, 0.6) is 0 Å². The molecule has 0 saturated carbocycles. The zero-order chi connectivity index (χ0) is 12.6. The molecule has 0 spiro atoms. The van der Waals surface area contributed by atoms with Crippen LogP contribution in [0.25, 0.3) is 0 Å². The van der Waals surface area contributed by atoms with Crippen molar-refractivity contribution in [3.63, 3.8) is 0 Å². The zero-order valence-electron chi connectivity index (χ0n) is 9.96. The quantitative estimate of drug-likeness (QED) is 0.864. The number of aromatic nitrogens is 1. The molecule has 0 aliphatic carbocycles. The number of rotatable bonds is 3. The molecule has 90 valence electrons. The Morgan fingerprint density at radius 1 is 1.25 bits per heavy atom. The molecule has 1 heterocycles. The summed E-state index contributed by atoms with van der Waals surface area (Å²) in [5.74, 6) is -3.27. The van der Waals surface area contributed by atoms with Gasteiger partial charge in [-0.15, -0.1) is 0 Å². The first-order valence-corrected chi connectivity index (χ1v) is 5.24. The molecule has 0 fully saturated rings. The van der Waals surface area contributed by atoms with Crippen LogP contribution < -0.4 is 0 Å². The Morgan fingerprint density at radius 3 is 2.25 bits per heavy atom. The molecule has 0 saturated heterocycles. The van der Waals surface area contributed by atoms with Crippen LogP contribution >= 0.6 is 0 Å². The molecular weight excluding hydrogens is 212 g/mol. The monoisotopic (exact) mass is 229 g/mol. The minimum Gasteiger partial charge on any atom is -0.384 e. The summed E-state index contributed by atoms with van der Waals surface area (Å²) in [6, 6.07) is 4.48. The predicted octanol–water partition coefficient (Wildman–Crippen LogP) is 3.07. The molecule has 1 aromatic rings. The molecular formula is C12H17F2NO. The molecule has 0 radical (unpaired) electrons. The lowest BCUT2D eigenvalue weighted by Gasteiger charge is -2.28. The average Bonchev–Trinajstić information content (AvgIpc) is 2.16. The summed E-state index contributed by atoms with van der Waals surface area (Å²) in [5, 5.41) is 9.44. The van der Waals surface area contributed by atoms with Gasteiger partial charge in [0.05, 0.1) is 0 Å². The van der Waals surface area contributed by atoms with Crippen molar-refractivity contribution in [1.29, 1.82) is 0 Å². The molecule has 16 heavy (non-hydrogen) atoms. The van der Waals surface area contributed by atoms with Gasteiger partial charge in [0, 0.05) is 5.69 Å². The van der Waals surface area contributed by atoms with Crippen LogP contribution in [0.15, 0.2) is 18.2 Å². The second-order valence-corrected chi connectivity index (χ2v) is 4.74. The summed E-state index contributed by atoms with van der Waals surface area (Å²) in [7, 11) is 0. The van der Waals surface area contributed by atoms with Crippen LogP contribution in [-0.2, 0) is 5.92 Å². The van der Waals surface area contributed by atoms with Crippen molar-refractivity contribution in [2.75, 3.05) is 0 Å². The number of alkyl halides is 2. The SMILES string of the molecule is CC(C)c1cccc(C(F)(F)C(C)(C)O)n1. The van der Waals surface area contributed by atoms with E-state index in [-0.39, 0.29) is 11.6 Å². The van der Waals surface area contributed by atoms with Gasteiger partial charge in [-0.25, -0.2) is 0 Å². The molecule has 0 aliphatic heterocycles. The molecule has 0 bridgehead atoms. The van der Waals surface area contributed by atoms with Gasteiger partial charge in [0.15, 0.2) is 0 Å². The van der Waals surface area contributed by atoms with E-state index in [1.165, 1.54) is 12.1 Å². The van der Waals surface area contributed by atoms with Crippen LogP contribution in [0.1, 0.15) is 45.0 Å². The maximum atomic E-state index is 13.8. The van der Waals surface area contributed by atoms with Gasteiger partial charge in [-0.1, -0.05) is 19.9 Å². The molecule has 1 rings (SSSR count). The van der Waals surface area contributed by atoms with Gasteiger partial charge in [-0.05, 0) is 31.9 Å². The first-order chi connectivity index (χ1) is 7.16. The standard InChI is InChI=1S/C12H17F2NO/c1-8(2)9-6-5-7-10(15-9)12(13,14)11(3,4)16/h5-8,16H,1-4H3. The average molecular weight is 229 g/mol. The van der Waals surface area contributed by atoms with Crippen molar-refractivity contribution in [1.82, 2.24) is 4.98 Å². The Balaban J connectivity index is 3.19. The number of pyridine rings is 1. The minimum atomic E-state index is -3.35. The third-order valence-electron chi connectivity index (χ3n) is 2.45. The zero-order valence-corrected chi connectivity index (χ0v) is 9.96. The van der Waals surface area contributed by atoms with E-state index >= 15 is 0 Å². The Labute approximate surface area is 94.3 Å². The maximum Gasteiger partial charge on any atom is 0.317 e. The van der Waals surface area contributed by atoms with Gasteiger partial charge >= 0.3 is 5.92 Å². The summed E-state index contributed by atoms with van der Waals surface area (Å²) in [6.45, 7) is 5.93. The van der Waals surface area contributed by atoms with Gasteiger partial charge in [0.2, 0.25) is 0 Å². The van der Waals surface area contributed by atoms with Gasteiger partial charge in [-0.3, -0.25) is 4.98 Å². The summed E-state index contributed by atoms with van der Waals surface area (Å²) in [6.07, 6.45) is 0. The molecule has 1 aromatic heterocycles. The third kappa shape index (κ3) is 2.38. The van der Waals surface area contributed by atoms with Crippen molar-refractivity contribution in [2.45, 2.75) is 45.1 Å².